The predicted octanol–water partition coefficient (Wildman–Crippen LogP) is 3.94. The van der Waals surface area contributed by atoms with Crippen LogP contribution in [0.3, 0.4) is 0 Å². The molecule has 1 aromatic heterocycles. The number of hydrogen-bond acceptors (Lipinski definition) is 3. The van der Waals surface area contributed by atoms with Gasteiger partial charge in [-0.15, -0.1) is 0 Å². The van der Waals surface area contributed by atoms with Crippen molar-refractivity contribution in [1.29, 1.82) is 0 Å². The zero-order chi connectivity index (χ0) is 13.1. The van der Waals surface area contributed by atoms with Crippen molar-refractivity contribution in [3.05, 3.63) is 51.9 Å². The van der Waals surface area contributed by atoms with E-state index < -0.39 is 0 Å². The van der Waals surface area contributed by atoms with Gasteiger partial charge in [0.1, 0.15) is 18.1 Å². The molecule has 2 aromatic rings. The first-order valence-corrected chi connectivity index (χ1v) is 5.91. The number of benzene rings is 1. The summed E-state index contributed by atoms with van der Waals surface area (Å²) >= 11 is 6.08. The second kappa shape index (κ2) is 5.27. The Bertz CT molecular complexity index is 549. The second-order valence-electron chi connectivity index (χ2n) is 4.08. The molecule has 0 aliphatic rings. The Balaban J connectivity index is 2.08. The smallest absolute Gasteiger partial charge is 0.185 e. The van der Waals surface area contributed by atoms with E-state index in [1.54, 1.807) is 12.1 Å². The standard InChI is InChI=1S/C14H13ClO3/c1-9-5-13(6-10(2)14(9)15)17-8-12-4-3-11(7-16)18-12/h3-7H,8H2,1-2H3. The first-order chi connectivity index (χ1) is 8.60. The van der Waals surface area contributed by atoms with Crippen molar-refractivity contribution >= 4 is 17.9 Å². The summed E-state index contributed by atoms with van der Waals surface area (Å²) in [5.74, 6) is 1.65. The van der Waals surface area contributed by atoms with Crippen LogP contribution in [0.4, 0.5) is 0 Å². The minimum atomic E-state index is 0.286. The first kappa shape index (κ1) is 12.7. The fraction of sp³-hybridized carbons (Fsp3) is 0.214. The SMILES string of the molecule is Cc1cc(OCc2ccc(C=O)o2)cc(C)c1Cl. The van der Waals surface area contributed by atoms with Gasteiger partial charge in [0.25, 0.3) is 0 Å². The maximum absolute atomic E-state index is 10.5. The van der Waals surface area contributed by atoms with E-state index in [-0.39, 0.29) is 6.61 Å². The van der Waals surface area contributed by atoms with Crippen LogP contribution in [0, 0.1) is 13.8 Å². The molecule has 0 amide bonds. The molecule has 0 aliphatic carbocycles. The van der Waals surface area contributed by atoms with Gasteiger partial charge < -0.3 is 9.15 Å². The van der Waals surface area contributed by atoms with Crippen molar-refractivity contribution in [2.75, 3.05) is 0 Å². The first-order valence-electron chi connectivity index (χ1n) is 5.53. The molecule has 0 radical (unpaired) electrons. The van der Waals surface area contributed by atoms with Crippen molar-refractivity contribution in [2.24, 2.45) is 0 Å². The Morgan fingerprint density at radius 3 is 2.50 bits per heavy atom. The van der Waals surface area contributed by atoms with Gasteiger partial charge in [0.15, 0.2) is 12.0 Å². The summed E-state index contributed by atoms with van der Waals surface area (Å²) in [5.41, 5.74) is 1.94. The summed E-state index contributed by atoms with van der Waals surface area (Å²) in [4.78, 5) is 10.5. The van der Waals surface area contributed by atoms with Crippen molar-refractivity contribution < 1.29 is 13.9 Å². The largest absolute Gasteiger partial charge is 0.486 e. The number of aldehydes is 1. The zero-order valence-electron chi connectivity index (χ0n) is 10.2. The van der Waals surface area contributed by atoms with E-state index in [1.165, 1.54) is 0 Å². The highest BCUT2D eigenvalue weighted by Gasteiger charge is 2.05. The second-order valence-corrected chi connectivity index (χ2v) is 4.46. The van der Waals surface area contributed by atoms with Crippen LogP contribution in [-0.4, -0.2) is 6.29 Å². The predicted molar refractivity (Wildman–Crippen MR) is 69.4 cm³/mol. The molecular formula is C14H13ClO3. The molecule has 1 heterocycles. The number of halogens is 1. The Hall–Kier alpha value is -1.74. The Labute approximate surface area is 110 Å². The van der Waals surface area contributed by atoms with Crippen LogP contribution < -0.4 is 4.74 Å². The van der Waals surface area contributed by atoms with Gasteiger partial charge in [-0.2, -0.15) is 0 Å². The van der Waals surface area contributed by atoms with Gasteiger partial charge in [0, 0.05) is 5.02 Å². The van der Waals surface area contributed by atoms with E-state index in [1.807, 2.05) is 26.0 Å². The number of carbonyl (C=O) groups is 1. The molecular weight excluding hydrogens is 252 g/mol. The van der Waals surface area contributed by atoms with Crippen LogP contribution in [0.2, 0.25) is 5.02 Å². The van der Waals surface area contributed by atoms with Gasteiger partial charge >= 0.3 is 0 Å². The molecule has 0 aliphatic heterocycles. The van der Waals surface area contributed by atoms with Crippen LogP contribution in [0.15, 0.2) is 28.7 Å². The minimum Gasteiger partial charge on any atom is -0.486 e. The molecule has 0 saturated carbocycles. The molecule has 3 nitrogen and oxygen atoms in total. The number of aryl methyl sites for hydroxylation is 2. The fourth-order valence-corrected chi connectivity index (χ4v) is 1.79. The Kier molecular flexibility index (Phi) is 3.72. The number of rotatable bonds is 4. The number of hydrogen-bond donors (Lipinski definition) is 0. The summed E-state index contributed by atoms with van der Waals surface area (Å²) < 4.78 is 10.8. The number of carbonyl (C=O) groups excluding carboxylic acids is 1. The third-order valence-corrected chi connectivity index (χ3v) is 3.19. The molecule has 0 spiro atoms. The lowest BCUT2D eigenvalue weighted by Gasteiger charge is -2.08. The third-order valence-electron chi connectivity index (χ3n) is 2.59. The molecule has 0 N–H and O–H groups in total. The van der Waals surface area contributed by atoms with Crippen LogP contribution in [0.5, 0.6) is 5.75 Å². The summed E-state index contributed by atoms with van der Waals surface area (Å²) in [5, 5.41) is 0.753. The van der Waals surface area contributed by atoms with Gasteiger partial charge in [-0.25, -0.2) is 0 Å². The van der Waals surface area contributed by atoms with E-state index in [2.05, 4.69) is 0 Å². The maximum atomic E-state index is 10.5. The van der Waals surface area contributed by atoms with Crippen LogP contribution in [0.1, 0.15) is 27.4 Å². The minimum absolute atomic E-state index is 0.286. The quantitative estimate of drug-likeness (QED) is 0.785. The zero-order valence-corrected chi connectivity index (χ0v) is 11.0. The summed E-state index contributed by atoms with van der Waals surface area (Å²) in [6.45, 7) is 4.15. The van der Waals surface area contributed by atoms with Crippen LogP contribution >= 0.6 is 11.6 Å². The molecule has 18 heavy (non-hydrogen) atoms. The van der Waals surface area contributed by atoms with Gasteiger partial charge in [0.2, 0.25) is 0 Å². The molecule has 1 aromatic carbocycles. The third kappa shape index (κ3) is 2.74. The van der Waals surface area contributed by atoms with Crippen LogP contribution in [-0.2, 0) is 6.61 Å². The fourth-order valence-electron chi connectivity index (χ4n) is 1.68. The van der Waals surface area contributed by atoms with Gasteiger partial charge in [0.05, 0.1) is 0 Å². The highest BCUT2D eigenvalue weighted by Crippen LogP contribution is 2.26. The van der Waals surface area contributed by atoms with E-state index in [4.69, 9.17) is 20.8 Å². The monoisotopic (exact) mass is 264 g/mol. The van der Waals surface area contributed by atoms with E-state index in [0.717, 1.165) is 21.9 Å². The van der Waals surface area contributed by atoms with Crippen molar-refractivity contribution in [2.45, 2.75) is 20.5 Å². The van der Waals surface area contributed by atoms with E-state index in [9.17, 15) is 4.79 Å². The van der Waals surface area contributed by atoms with Gasteiger partial charge in [-0.1, -0.05) is 11.6 Å². The lowest BCUT2D eigenvalue weighted by molar-refractivity contribution is 0.109. The summed E-state index contributed by atoms with van der Waals surface area (Å²) in [6.07, 6.45) is 0.667. The van der Waals surface area contributed by atoms with Gasteiger partial charge in [-0.3, -0.25) is 4.79 Å². The highest BCUT2D eigenvalue weighted by molar-refractivity contribution is 6.32. The lowest BCUT2D eigenvalue weighted by Crippen LogP contribution is -1.95. The molecule has 0 saturated heterocycles. The lowest BCUT2D eigenvalue weighted by atomic mass is 10.1. The number of ether oxygens (including phenoxy) is 1. The highest BCUT2D eigenvalue weighted by atomic mass is 35.5. The summed E-state index contributed by atoms with van der Waals surface area (Å²) in [7, 11) is 0. The molecule has 2 rings (SSSR count). The maximum Gasteiger partial charge on any atom is 0.185 e. The number of furan rings is 1. The van der Waals surface area contributed by atoms with E-state index >= 15 is 0 Å². The topological polar surface area (TPSA) is 39.4 Å². The Morgan fingerprint density at radius 2 is 1.94 bits per heavy atom. The van der Waals surface area contributed by atoms with Crippen molar-refractivity contribution in [3.63, 3.8) is 0 Å². The van der Waals surface area contributed by atoms with Crippen molar-refractivity contribution in [1.82, 2.24) is 0 Å². The Morgan fingerprint density at radius 1 is 1.28 bits per heavy atom. The molecule has 0 unspecified atom stereocenters. The molecule has 0 bridgehead atoms. The van der Waals surface area contributed by atoms with Gasteiger partial charge in [-0.05, 0) is 49.2 Å². The summed E-state index contributed by atoms with van der Waals surface area (Å²) in [6, 6.07) is 7.08. The molecule has 0 fully saturated rings. The average Bonchev–Trinajstić information content (AvgIpc) is 2.81. The molecule has 94 valence electrons. The molecule has 0 atom stereocenters. The normalized spacial score (nSPS) is 10.4. The van der Waals surface area contributed by atoms with E-state index in [0.29, 0.717) is 17.8 Å². The van der Waals surface area contributed by atoms with Crippen LogP contribution in [0.25, 0.3) is 0 Å². The average molecular weight is 265 g/mol. The van der Waals surface area contributed by atoms with Crippen molar-refractivity contribution in [3.8, 4) is 5.75 Å². The molecule has 4 heteroatoms.